The van der Waals surface area contributed by atoms with Gasteiger partial charge in [-0.1, -0.05) is 13.8 Å². The molecule has 0 N–H and O–H groups in total. The summed E-state index contributed by atoms with van der Waals surface area (Å²) in [4.78, 5) is 4.59. The number of hydrogen-bond donors (Lipinski definition) is 0. The third kappa shape index (κ3) is 2.58. The monoisotopic (exact) mass is 249 g/mol. The zero-order valence-electron chi connectivity index (χ0n) is 11.3. The van der Waals surface area contributed by atoms with Gasteiger partial charge in [0.15, 0.2) is 0 Å². The van der Waals surface area contributed by atoms with E-state index in [4.69, 9.17) is 14.2 Å². The quantitative estimate of drug-likeness (QED) is 0.823. The number of methoxy groups -OCH3 is 2. The predicted octanol–water partition coefficient (Wildman–Crippen LogP) is 2.51. The van der Waals surface area contributed by atoms with Gasteiger partial charge >= 0.3 is 0 Å². The van der Waals surface area contributed by atoms with Crippen LogP contribution in [0, 0.1) is 5.92 Å². The molecule has 1 aliphatic rings. The van der Waals surface area contributed by atoms with E-state index < -0.39 is 0 Å². The van der Waals surface area contributed by atoms with Crippen molar-refractivity contribution in [2.24, 2.45) is 10.9 Å². The van der Waals surface area contributed by atoms with E-state index in [0.29, 0.717) is 18.4 Å². The summed E-state index contributed by atoms with van der Waals surface area (Å²) in [5.74, 6) is 2.63. The zero-order valence-corrected chi connectivity index (χ0v) is 11.3. The van der Waals surface area contributed by atoms with Crippen molar-refractivity contribution in [3.05, 3.63) is 23.8 Å². The van der Waals surface area contributed by atoms with Gasteiger partial charge in [-0.15, -0.1) is 0 Å². The summed E-state index contributed by atoms with van der Waals surface area (Å²) in [5, 5.41) is 0. The number of rotatable bonds is 4. The Morgan fingerprint density at radius 1 is 1.17 bits per heavy atom. The Balaban J connectivity index is 2.31. The Hall–Kier alpha value is -1.71. The predicted molar refractivity (Wildman–Crippen MR) is 70.7 cm³/mol. The molecule has 1 heterocycles. The van der Waals surface area contributed by atoms with Gasteiger partial charge in [-0.05, 0) is 18.1 Å². The van der Waals surface area contributed by atoms with Crippen LogP contribution in [0.3, 0.4) is 0 Å². The molecular formula is C14H19NO3. The summed E-state index contributed by atoms with van der Waals surface area (Å²) in [7, 11) is 3.26. The molecule has 4 nitrogen and oxygen atoms in total. The van der Waals surface area contributed by atoms with E-state index in [1.54, 1.807) is 14.2 Å². The summed E-state index contributed by atoms with van der Waals surface area (Å²) in [6, 6.07) is 5.88. The van der Waals surface area contributed by atoms with Crippen molar-refractivity contribution in [3.63, 3.8) is 0 Å². The van der Waals surface area contributed by atoms with Crippen molar-refractivity contribution in [3.8, 4) is 11.5 Å². The first-order chi connectivity index (χ1) is 8.63. The Labute approximate surface area is 108 Å². The molecule has 0 unspecified atom stereocenters. The Morgan fingerprint density at radius 3 is 2.22 bits per heavy atom. The van der Waals surface area contributed by atoms with Crippen molar-refractivity contribution in [2.75, 3.05) is 20.8 Å². The molecule has 0 amide bonds. The lowest BCUT2D eigenvalue weighted by atomic mass is 10.1. The SMILES string of the molecule is COc1cc(OC)cc(C2=N[C@H](C(C)C)CO2)c1. The molecule has 1 aliphatic heterocycles. The van der Waals surface area contributed by atoms with Crippen LogP contribution in [0.15, 0.2) is 23.2 Å². The third-order valence-corrected chi connectivity index (χ3v) is 3.04. The minimum absolute atomic E-state index is 0.234. The number of aliphatic imine (C=N–C) groups is 1. The molecule has 0 saturated carbocycles. The molecule has 18 heavy (non-hydrogen) atoms. The molecule has 0 fully saturated rings. The molecule has 2 rings (SSSR count). The highest BCUT2D eigenvalue weighted by atomic mass is 16.5. The van der Waals surface area contributed by atoms with Gasteiger partial charge in [-0.3, -0.25) is 0 Å². The highest BCUT2D eigenvalue weighted by Crippen LogP contribution is 2.25. The molecule has 0 radical (unpaired) electrons. The lowest BCUT2D eigenvalue weighted by Crippen LogP contribution is -2.13. The van der Waals surface area contributed by atoms with Crippen LogP contribution in [0.1, 0.15) is 19.4 Å². The molecule has 4 heteroatoms. The molecule has 1 aromatic carbocycles. The molecule has 0 saturated heterocycles. The van der Waals surface area contributed by atoms with Gasteiger partial charge in [0.1, 0.15) is 18.1 Å². The largest absolute Gasteiger partial charge is 0.497 e. The second-order valence-corrected chi connectivity index (χ2v) is 4.66. The van der Waals surface area contributed by atoms with E-state index in [2.05, 4.69) is 18.8 Å². The van der Waals surface area contributed by atoms with Crippen LogP contribution in [-0.2, 0) is 4.74 Å². The molecule has 0 aromatic heterocycles. The van der Waals surface area contributed by atoms with Crippen molar-refractivity contribution in [2.45, 2.75) is 19.9 Å². The summed E-state index contributed by atoms with van der Waals surface area (Å²) < 4.78 is 16.1. The highest BCUT2D eigenvalue weighted by molar-refractivity contribution is 5.96. The standard InChI is InChI=1S/C14H19NO3/c1-9(2)13-8-18-14(15-13)10-5-11(16-3)7-12(6-10)17-4/h5-7,9,13H,8H2,1-4H3/t13-/m0/s1. The minimum Gasteiger partial charge on any atom is -0.497 e. The van der Waals surface area contributed by atoms with E-state index in [-0.39, 0.29) is 6.04 Å². The Kier molecular flexibility index (Phi) is 3.75. The van der Waals surface area contributed by atoms with E-state index in [1.807, 2.05) is 18.2 Å². The van der Waals surface area contributed by atoms with E-state index in [9.17, 15) is 0 Å². The molecular weight excluding hydrogens is 230 g/mol. The van der Waals surface area contributed by atoms with Crippen LogP contribution in [0.25, 0.3) is 0 Å². The summed E-state index contributed by atoms with van der Waals surface area (Å²) >= 11 is 0. The van der Waals surface area contributed by atoms with Gasteiger partial charge in [-0.2, -0.15) is 0 Å². The highest BCUT2D eigenvalue weighted by Gasteiger charge is 2.23. The lowest BCUT2D eigenvalue weighted by molar-refractivity contribution is 0.291. The Morgan fingerprint density at radius 2 is 1.78 bits per heavy atom. The van der Waals surface area contributed by atoms with Gasteiger partial charge in [0.05, 0.1) is 20.3 Å². The summed E-state index contributed by atoms with van der Waals surface area (Å²) in [6.07, 6.45) is 0. The first kappa shape index (κ1) is 12.7. The first-order valence-electron chi connectivity index (χ1n) is 6.08. The average molecular weight is 249 g/mol. The maximum Gasteiger partial charge on any atom is 0.216 e. The first-order valence-corrected chi connectivity index (χ1v) is 6.08. The second kappa shape index (κ2) is 5.29. The Bertz CT molecular complexity index is 432. The fourth-order valence-corrected chi connectivity index (χ4v) is 1.82. The molecule has 0 bridgehead atoms. The third-order valence-electron chi connectivity index (χ3n) is 3.04. The van der Waals surface area contributed by atoms with Crippen LogP contribution >= 0.6 is 0 Å². The molecule has 0 aliphatic carbocycles. The van der Waals surface area contributed by atoms with Gasteiger partial charge in [0.2, 0.25) is 5.90 Å². The van der Waals surface area contributed by atoms with Crippen LogP contribution < -0.4 is 9.47 Å². The van der Waals surface area contributed by atoms with Gasteiger partial charge in [-0.25, -0.2) is 4.99 Å². The lowest BCUT2D eigenvalue weighted by Gasteiger charge is -2.08. The number of ether oxygens (including phenoxy) is 3. The van der Waals surface area contributed by atoms with Crippen LogP contribution in [0.4, 0.5) is 0 Å². The van der Waals surface area contributed by atoms with Crippen LogP contribution in [-0.4, -0.2) is 32.8 Å². The van der Waals surface area contributed by atoms with Gasteiger partial charge < -0.3 is 14.2 Å². The second-order valence-electron chi connectivity index (χ2n) is 4.66. The van der Waals surface area contributed by atoms with Crippen LogP contribution in [0.5, 0.6) is 11.5 Å². The normalized spacial score (nSPS) is 18.5. The maximum absolute atomic E-state index is 5.65. The molecule has 1 aromatic rings. The topological polar surface area (TPSA) is 40.0 Å². The van der Waals surface area contributed by atoms with Crippen molar-refractivity contribution >= 4 is 5.90 Å². The molecule has 1 atom stereocenters. The van der Waals surface area contributed by atoms with Crippen molar-refractivity contribution < 1.29 is 14.2 Å². The number of benzene rings is 1. The maximum atomic E-state index is 5.65. The van der Waals surface area contributed by atoms with E-state index >= 15 is 0 Å². The van der Waals surface area contributed by atoms with Crippen molar-refractivity contribution in [1.29, 1.82) is 0 Å². The zero-order chi connectivity index (χ0) is 13.1. The van der Waals surface area contributed by atoms with Gasteiger partial charge in [0.25, 0.3) is 0 Å². The van der Waals surface area contributed by atoms with Gasteiger partial charge in [0, 0.05) is 11.6 Å². The fourth-order valence-electron chi connectivity index (χ4n) is 1.82. The minimum atomic E-state index is 0.234. The fraction of sp³-hybridized carbons (Fsp3) is 0.500. The smallest absolute Gasteiger partial charge is 0.216 e. The van der Waals surface area contributed by atoms with Crippen LogP contribution in [0.2, 0.25) is 0 Å². The molecule has 0 spiro atoms. The van der Waals surface area contributed by atoms with E-state index in [0.717, 1.165) is 17.1 Å². The average Bonchev–Trinajstić information content (AvgIpc) is 2.87. The molecule has 98 valence electrons. The summed E-state index contributed by atoms with van der Waals surface area (Å²) in [6.45, 7) is 4.94. The van der Waals surface area contributed by atoms with Crippen molar-refractivity contribution in [1.82, 2.24) is 0 Å². The summed E-state index contributed by atoms with van der Waals surface area (Å²) in [5.41, 5.74) is 0.898. The van der Waals surface area contributed by atoms with E-state index in [1.165, 1.54) is 0 Å². The number of hydrogen-bond acceptors (Lipinski definition) is 4. The number of nitrogens with zero attached hydrogens (tertiary/aromatic N) is 1.